The molecule has 0 saturated heterocycles. The van der Waals surface area contributed by atoms with Crippen molar-refractivity contribution in [1.29, 1.82) is 0 Å². The van der Waals surface area contributed by atoms with Crippen molar-refractivity contribution in [2.45, 2.75) is 11.8 Å². The number of carbonyl (C=O) groups excluding carboxylic acids is 1. The Bertz CT molecular complexity index is 614. The molecule has 0 aliphatic carbocycles. The van der Waals surface area contributed by atoms with Crippen LogP contribution in [0.3, 0.4) is 0 Å². The summed E-state index contributed by atoms with van der Waals surface area (Å²) < 4.78 is 30.4. The number of esters is 1. The highest BCUT2D eigenvalue weighted by molar-refractivity contribution is 7.89. The zero-order valence-corrected chi connectivity index (χ0v) is 12.8. The number of thiocarbonyl (C=S) groups is 1. The maximum atomic E-state index is 12.4. The number of hydrogen-bond donors (Lipinski definition) is 1. The first-order chi connectivity index (χ1) is 9.32. The Morgan fingerprint density at radius 1 is 1.45 bits per heavy atom. The molecule has 2 N–H and O–H groups in total. The molecule has 0 heterocycles. The summed E-state index contributed by atoms with van der Waals surface area (Å²) in [5.74, 6) is -0.624. The zero-order valence-electron chi connectivity index (χ0n) is 11.2. The number of methoxy groups -OCH3 is 1. The van der Waals surface area contributed by atoms with Crippen molar-refractivity contribution in [1.82, 2.24) is 4.31 Å². The van der Waals surface area contributed by atoms with Gasteiger partial charge in [-0.05, 0) is 12.1 Å². The third kappa shape index (κ3) is 3.75. The highest BCUT2D eigenvalue weighted by Gasteiger charge is 2.25. The van der Waals surface area contributed by atoms with Gasteiger partial charge in [-0.1, -0.05) is 31.3 Å². The van der Waals surface area contributed by atoms with E-state index in [1.54, 1.807) is 19.1 Å². The smallest absolute Gasteiger partial charge is 0.321 e. The topological polar surface area (TPSA) is 89.7 Å². The lowest BCUT2D eigenvalue weighted by atomic mass is 10.2. The van der Waals surface area contributed by atoms with Crippen LogP contribution >= 0.6 is 12.2 Å². The van der Waals surface area contributed by atoms with Crippen molar-refractivity contribution in [2.75, 3.05) is 20.2 Å². The molecule has 0 atom stereocenters. The van der Waals surface area contributed by atoms with E-state index in [1.807, 2.05) is 0 Å². The number of nitrogens with two attached hydrogens (primary N) is 1. The monoisotopic (exact) mass is 316 g/mol. The standard InChI is InChI=1S/C12H16N2O4S2/c1-3-14(8-11(15)18-2)20(16,17)10-6-4-5-9(7-10)12(13)19/h4-7H,3,8H2,1-2H3,(H2,13,19). The first-order valence-electron chi connectivity index (χ1n) is 5.79. The van der Waals surface area contributed by atoms with Crippen molar-refractivity contribution < 1.29 is 17.9 Å². The van der Waals surface area contributed by atoms with Crippen LogP contribution in [0.4, 0.5) is 0 Å². The van der Waals surface area contributed by atoms with Gasteiger partial charge in [0.2, 0.25) is 10.0 Å². The van der Waals surface area contributed by atoms with Crippen molar-refractivity contribution >= 4 is 33.2 Å². The van der Waals surface area contributed by atoms with Crippen LogP contribution in [0.1, 0.15) is 12.5 Å². The van der Waals surface area contributed by atoms with E-state index in [1.165, 1.54) is 19.2 Å². The molecule has 0 aromatic heterocycles. The largest absolute Gasteiger partial charge is 0.468 e. The first-order valence-corrected chi connectivity index (χ1v) is 7.64. The Hall–Kier alpha value is -1.51. The van der Waals surface area contributed by atoms with Crippen LogP contribution in [0.5, 0.6) is 0 Å². The summed E-state index contributed by atoms with van der Waals surface area (Å²) in [6.07, 6.45) is 0. The molecule has 0 unspecified atom stereocenters. The van der Waals surface area contributed by atoms with Gasteiger partial charge in [0, 0.05) is 12.1 Å². The van der Waals surface area contributed by atoms with Gasteiger partial charge in [-0.15, -0.1) is 0 Å². The lowest BCUT2D eigenvalue weighted by molar-refractivity contribution is -0.140. The van der Waals surface area contributed by atoms with Crippen LogP contribution in [0, 0.1) is 0 Å². The van der Waals surface area contributed by atoms with E-state index in [2.05, 4.69) is 4.74 Å². The van der Waals surface area contributed by atoms with E-state index in [4.69, 9.17) is 18.0 Å². The lowest BCUT2D eigenvalue weighted by Gasteiger charge is -2.19. The minimum Gasteiger partial charge on any atom is -0.468 e. The predicted molar refractivity (Wildman–Crippen MR) is 78.8 cm³/mol. The van der Waals surface area contributed by atoms with E-state index >= 15 is 0 Å². The molecule has 0 amide bonds. The third-order valence-electron chi connectivity index (χ3n) is 2.64. The van der Waals surface area contributed by atoms with E-state index < -0.39 is 16.0 Å². The average Bonchev–Trinajstić information content (AvgIpc) is 2.44. The summed E-state index contributed by atoms with van der Waals surface area (Å²) in [5, 5.41) is 0. The van der Waals surface area contributed by atoms with Gasteiger partial charge >= 0.3 is 5.97 Å². The van der Waals surface area contributed by atoms with Crippen LogP contribution in [0.25, 0.3) is 0 Å². The number of nitrogens with zero attached hydrogens (tertiary/aromatic N) is 1. The number of hydrogen-bond acceptors (Lipinski definition) is 5. The zero-order chi connectivity index (χ0) is 15.3. The van der Waals surface area contributed by atoms with Crippen molar-refractivity contribution in [3.8, 4) is 0 Å². The Kier molecular flexibility index (Phi) is 5.61. The number of sulfonamides is 1. The lowest BCUT2D eigenvalue weighted by Crippen LogP contribution is -2.36. The summed E-state index contributed by atoms with van der Waals surface area (Å²) in [4.78, 5) is 11.4. The number of benzene rings is 1. The Balaban J connectivity index is 3.17. The van der Waals surface area contributed by atoms with E-state index in [-0.39, 0.29) is 23.0 Å². The highest BCUT2D eigenvalue weighted by atomic mass is 32.2. The number of carbonyl (C=O) groups is 1. The van der Waals surface area contributed by atoms with Gasteiger partial charge in [0.25, 0.3) is 0 Å². The van der Waals surface area contributed by atoms with Gasteiger partial charge in [-0.25, -0.2) is 8.42 Å². The highest BCUT2D eigenvalue weighted by Crippen LogP contribution is 2.17. The molecule has 6 nitrogen and oxygen atoms in total. The second-order valence-corrected chi connectivity index (χ2v) is 6.28. The molecule has 0 aliphatic heterocycles. The molecule has 0 saturated carbocycles. The first kappa shape index (κ1) is 16.5. The minimum atomic E-state index is -3.79. The molecule has 0 radical (unpaired) electrons. The summed E-state index contributed by atoms with van der Waals surface area (Å²) in [5.41, 5.74) is 5.94. The van der Waals surface area contributed by atoms with E-state index in [9.17, 15) is 13.2 Å². The summed E-state index contributed by atoms with van der Waals surface area (Å²) >= 11 is 4.82. The Morgan fingerprint density at radius 3 is 2.60 bits per heavy atom. The van der Waals surface area contributed by atoms with Gasteiger partial charge in [0.1, 0.15) is 11.5 Å². The second kappa shape index (κ2) is 6.78. The quantitative estimate of drug-likeness (QED) is 0.607. The van der Waals surface area contributed by atoms with E-state index in [0.717, 1.165) is 4.31 Å². The van der Waals surface area contributed by atoms with Gasteiger partial charge in [0.15, 0.2) is 0 Å². The minimum absolute atomic E-state index is 0.0357. The van der Waals surface area contributed by atoms with Gasteiger partial charge in [0.05, 0.1) is 12.0 Å². The SMILES string of the molecule is CCN(CC(=O)OC)S(=O)(=O)c1cccc(C(N)=S)c1. The summed E-state index contributed by atoms with van der Waals surface area (Å²) in [7, 11) is -2.59. The molecule has 0 bridgehead atoms. The van der Waals surface area contributed by atoms with Gasteiger partial charge in [-0.2, -0.15) is 4.31 Å². The number of ether oxygens (including phenoxy) is 1. The maximum absolute atomic E-state index is 12.4. The molecular weight excluding hydrogens is 300 g/mol. The summed E-state index contributed by atoms with van der Waals surface area (Å²) in [6, 6.07) is 5.99. The normalized spacial score (nSPS) is 11.3. The number of likely N-dealkylation sites (N-methyl/N-ethyl adjacent to an activating group) is 1. The molecule has 20 heavy (non-hydrogen) atoms. The molecule has 110 valence electrons. The van der Waals surface area contributed by atoms with E-state index in [0.29, 0.717) is 5.56 Å². The Morgan fingerprint density at radius 2 is 2.10 bits per heavy atom. The van der Waals surface area contributed by atoms with Crippen LogP contribution < -0.4 is 5.73 Å². The van der Waals surface area contributed by atoms with Crippen LogP contribution in [0.15, 0.2) is 29.2 Å². The summed E-state index contributed by atoms with van der Waals surface area (Å²) in [6.45, 7) is 1.44. The van der Waals surface area contributed by atoms with Crippen molar-refractivity contribution in [3.63, 3.8) is 0 Å². The molecular formula is C12H16N2O4S2. The predicted octanol–water partition coefficient (Wildman–Crippen LogP) is 0.504. The van der Waals surface area contributed by atoms with Gasteiger partial charge < -0.3 is 10.5 Å². The maximum Gasteiger partial charge on any atom is 0.321 e. The molecule has 1 aromatic carbocycles. The van der Waals surface area contributed by atoms with Crippen LogP contribution in [0.2, 0.25) is 0 Å². The molecule has 0 spiro atoms. The van der Waals surface area contributed by atoms with Crippen molar-refractivity contribution in [3.05, 3.63) is 29.8 Å². The molecule has 1 rings (SSSR count). The molecule has 8 heteroatoms. The fourth-order valence-electron chi connectivity index (χ4n) is 1.53. The number of rotatable bonds is 6. The fourth-order valence-corrected chi connectivity index (χ4v) is 3.10. The van der Waals surface area contributed by atoms with Crippen molar-refractivity contribution in [2.24, 2.45) is 5.73 Å². The fraction of sp³-hybridized carbons (Fsp3) is 0.333. The van der Waals surface area contributed by atoms with Crippen LogP contribution in [-0.4, -0.2) is 43.9 Å². The Labute approximate surface area is 123 Å². The molecule has 0 aliphatic rings. The van der Waals surface area contributed by atoms with Gasteiger partial charge in [-0.3, -0.25) is 4.79 Å². The van der Waals surface area contributed by atoms with Crippen LogP contribution in [-0.2, 0) is 19.6 Å². The molecule has 1 aromatic rings. The average molecular weight is 316 g/mol. The third-order valence-corrected chi connectivity index (χ3v) is 4.79. The second-order valence-electron chi connectivity index (χ2n) is 3.90. The molecule has 0 fully saturated rings.